The predicted octanol–water partition coefficient (Wildman–Crippen LogP) is 1.59. The number of carbonyl (C=O) groups is 2. The number of fused-ring (bicyclic) bond motifs is 1. The molecule has 27 heavy (non-hydrogen) atoms. The fourth-order valence-corrected chi connectivity index (χ4v) is 2.49. The van der Waals surface area contributed by atoms with Crippen LogP contribution < -0.4 is 15.7 Å². The maximum atomic E-state index is 12.4. The Bertz CT molecular complexity index is 1050. The Morgan fingerprint density at radius 2 is 1.85 bits per heavy atom. The molecule has 0 aliphatic rings. The number of nitrogens with one attached hydrogen (secondary N) is 2. The summed E-state index contributed by atoms with van der Waals surface area (Å²) in [4.78, 5) is 39.8. The molecule has 0 aliphatic heterocycles. The van der Waals surface area contributed by atoms with Crippen LogP contribution in [0, 0.1) is 0 Å². The van der Waals surface area contributed by atoms with E-state index in [1.165, 1.54) is 9.47 Å². The fraction of sp³-hybridized carbons (Fsp3) is 0.211. The first kappa shape index (κ1) is 18.2. The van der Waals surface area contributed by atoms with Crippen molar-refractivity contribution in [2.24, 2.45) is 7.05 Å². The molecule has 8 heteroatoms. The molecule has 0 bridgehead atoms. The van der Waals surface area contributed by atoms with Crippen molar-refractivity contribution in [3.05, 3.63) is 58.5 Å². The molecule has 1 heterocycles. The number of H-pyrrole nitrogens is 1. The SMILES string of the molecule is CN(C)C(=O)COc1ccc(NC(=O)c2ccc3c(c2)[nH]c(=O)n3C)cc1. The first-order valence-corrected chi connectivity index (χ1v) is 8.28. The number of aryl methyl sites for hydroxylation is 1. The van der Waals surface area contributed by atoms with Crippen LogP contribution in [0.15, 0.2) is 47.3 Å². The van der Waals surface area contributed by atoms with Crippen LogP contribution in [0.25, 0.3) is 11.0 Å². The Labute approximate surface area is 155 Å². The summed E-state index contributed by atoms with van der Waals surface area (Å²) in [6, 6.07) is 11.8. The molecule has 0 aliphatic carbocycles. The quantitative estimate of drug-likeness (QED) is 0.715. The monoisotopic (exact) mass is 368 g/mol. The minimum absolute atomic E-state index is 0.0476. The average molecular weight is 368 g/mol. The lowest BCUT2D eigenvalue weighted by atomic mass is 10.2. The number of amides is 2. The second-order valence-electron chi connectivity index (χ2n) is 6.28. The third-order valence-electron chi connectivity index (χ3n) is 4.14. The van der Waals surface area contributed by atoms with Gasteiger partial charge in [-0.3, -0.25) is 14.2 Å². The maximum Gasteiger partial charge on any atom is 0.326 e. The molecular weight excluding hydrogens is 348 g/mol. The number of hydrogen-bond acceptors (Lipinski definition) is 4. The van der Waals surface area contributed by atoms with Crippen molar-refractivity contribution in [3.8, 4) is 5.75 Å². The number of carbonyl (C=O) groups excluding carboxylic acids is 2. The van der Waals surface area contributed by atoms with Gasteiger partial charge in [-0.15, -0.1) is 0 Å². The second-order valence-corrected chi connectivity index (χ2v) is 6.28. The van der Waals surface area contributed by atoms with Crippen molar-refractivity contribution in [1.29, 1.82) is 0 Å². The number of anilines is 1. The number of aromatic nitrogens is 2. The Morgan fingerprint density at radius 1 is 1.15 bits per heavy atom. The standard InChI is InChI=1S/C19H20N4O4/c1-22(2)17(24)11-27-14-7-5-13(6-8-14)20-18(25)12-4-9-16-15(10-12)21-19(26)23(16)3/h4-10H,11H2,1-3H3,(H,20,25)(H,21,26). The van der Waals surface area contributed by atoms with Crippen molar-refractivity contribution in [2.45, 2.75) is 0 Å². The molecule has 0 saturated heterocycles. The van der Waals surface area contributed by atoms with E-state index in [2.05, 4.69) is 10.3 Å². The lowest BCUT2D eigenvalue weighted by Crippen LogP contribution is -2.27. The van der Waals surface area contributed by atoms with Gasteiger partial charge in [0.15, 0.2) is 6.61 Å². The van der Waals surface area contributed by atoms with Crippen molar-refractivity contribution in [1.82, 2.24) is 14.5 Å². The fourth-order valence-electron chi connectivity index (χ4n) is 2.49. The lowest BCUT2D eigenvalue weighted by molar-refractivity contribution is -0.130. The van der Waals surface area contributed by atoms with Crippen LogP contribution in [0.3, 0.4) is 0 Å². The molecule has 0 fully saturated rings. The number of ether oxygens (including phenoxy) is 1. The summed E-state index contributed by atoms with van der Waals surface area (Å²) in [6.45, 7) is -0.0476. The molecule has 0 saturated carbocycles. The van der Waals surface area contributed by atoms with Crippen LogP contribution >= 0.6 is 0 Å². The van der Waals surface area contributed by atoms with Crippen LogP contribution in [-0.4, -0.2) is 47.0 Å². The summed E-state index contributed by atoms with van der Waals surface area (Å²) in [6.07, 6.45) is 0. The number of rotatable bonds is 5. The van der Waals surface area contributed by atoms with Gasteiger partial charge in [0.05, 0.1) is 11.0 Å². The van der Waals surface area contributed by atoms with E-state index in [-0.39, 0.29) is 24.1 Å². The highest BCUT2D eigenvalue weighted by atomic mass is 16.5. The van der Waals surface area contributed by atoms with Crippen LogP contribution in [0.1, 0.15) is 10.4 Å². The molecular formula is C19H20N4O4. The average Bonchev–Trinajstić information content (AvgIpc) is 2.94. The number of aromatic amines is 1. The van der Waals surface area contributed by atoms with Gasteiger partial charge in [0.25, 0.3) is 11.8 Å². The number of benzene rings is 2. The molecule has 140 valence electrons. The molecule has 0 unspecified atom stereocenters. The highest BCUT2D eigenvalue weighted by Gasteiger charge is 2.10. The van der Waals surface area contributed by atoms with E-state index < -0.39 is 0 Å². The maximum absolute atomic E-state index is 12.4. The predicted molar refractivity (Wildman–Crippen MR) is 102 cm³/mol. The highest BCUT2D eigenvalue weighted by Crippen LogP contribution is 2.18. The molecule has 0 atom stereocenters. The van der Waals surface area contributed by atoms with E-state index in [9.17, 15) is 14.4 Å². The zero-order valence-electron chi connectivity index (χ0n) is 15.3. The van der Waals surface area contributed by atoms with Gasteiger partial charge in [-0.25, -0.2) is 4.79 Å². The number of hydrogen-bond donors (Lipinski definition) is 2. The lowest BCUT2D eigenvalue weighted by Gasteiger charge is -2.11. The molecule has 2 amide bonds. The van der Waals surface area contributed by atoms with Crippen LogP contribution in [0.5, 0.6) is 5.75 Å². The number of likely N-dealkylation sites (N-methyl/N-ethyl adjacent to an activating group) is 1. The van der Waals surface area contributed by atoms with Crippen molar-refractivity contribution < 1.29 is 14.3 Å². The smallest absolute Gasteiger partial charge is 0.326 e. The minimum Gasteiger partial charge on any atom is -0.484 e. The van der Waals surface area contributed by atoms with Gasteiger partial charge < -0.3 is 19.9 Å². The van der Waals surface area contributed by atoms with E-state index >= 15 is 0 Å². The molecule has 2 aromatic carbocycles. The molecule has 3 aromatic rings. The molecule has 8 nitrogen and oxygen atoms in total. The first-order chi connectivity index (χ1) is 12.8. The van der Waals surface area contributed by atoms with Gasteiger partial charge in [-0.2, -0.15) is 0 Å². The Hall–Kier alpha value is -3.55. The van der Waals surface area contributed by atoms with E-state index in [0.29, 0.717) is 22.5 Å². The van der Waals surface area contributed by atoms with Gasteiger partial charge in [0.1, 0.15) is 5.75 Å². The molecule has 3 rings (SSSR count). The summed E-state index contributed by atoms with van der Waals surface area (Å²) in [7, 11) is 4.98. The molecule has 2 N–H and O–H groups in total. The Morgan fingerprint density at radius 3 is 2.52 bits per heavy atom. The Kier molecular flexibility index (Phi) is 4.98. The van der Waals surface area contributed by atoms with E-state index in [1.54, 1.807) is 63.6 Å². The zero-order valence-corrected chi connectivity index (χ0v) is 15.3. The summed E-state index contributed by atoms with van der Waals surface area (Å²) >= 11 is 0. The molecule has 1 aromatic heterocycles. The van der Waals surface area contributed by atoms with E-state index in [0.717, 1.165) is 5.52 Å². The summed E-state index contributed by atoms with van der Waals surface area (Å²) in [5.74, 6) is 0.103. The molecule has 0 radical (unpaired) electrons. The highest BCUT2D eigenvalue weighted by molar-refractivity contribution is 6.05. The summed E-state index contributed by atoms with van der Waals surface area (Å²) in [5.41, 5.74) is 2.12. The number of imidazole rings is 1. The topological polar surface area (TPSA) is 96.4 Å². The van der Waals surface area contributed by atoms with Gasteiger partial charge in [-0.1, -0.05) is 0 Å². The molecule has 0 spiro atoms. The minimum atomic E-state index is -0.293. The van der Waals surface area contributed by atoms with E-state index in [4.69, 9.17) is 4.74 Å². The van der Waals surface area contributed by atoms with E-state index in [1.807, 2.05) is 0 Å². The zero-order chi connectivity index (χ0) is 19.6. The second kappa shape index (κ2) is 7.36. The van der Waals surface area contributed by atoms with Crippen molar-refractivity contribution in [2.75, 3.05) is 26.0 Å². The van der Waals surface area contributed by atoms with Crippen molar-refractivity contribution in [3.63, 3.8) is 0 Å². The van der Waals surface area contributed by atoms with Gasteiger partial charge in [0.2, 0.25) is 0 Å². The van der Waals surface area contributed by atoms with Crippen LogP contribution in [0.4, 0.5) is 5.69 Å². The van der Waals surface area contributed by atoms with Gasteiger partial charge in [0, 0.05) is 32.4 Å². The first-order valence-electron chi connectivity index (χ1n) is 8.28. The third-order valence-corrected chi connectivity index (χ3v) is 4.14. The number of nitrogens with zero attached hydrogens (tertiary/aromatic N) is 2. The van der Waals surface area contributed by atoms with Crippen LogP contribution in [-0.2, 0) is 11.8 Å². The summed E-state index contributed by atoms with van der Waals surface area (Å²) < 4.78 is 6.88. The summed E-state index contributed by atoms with van der Waals surface area (Å²) in [5, 5.41) is 2.79. The van der Waals surface area contributed by atoms with Crippen LogP contribution in [0.2, 0.25) is 0 Å². The normalized spacial score (nSPS) is 10.6. The Balaban J connectivity index is 1.67. The largest absolute Gasteiger partial charge is 0.484 e. The van der Waals surface area contributed by atoms with Crippen molar-refractivity contribution >= 4 is 28.5 Å². The van der Waals surface area contributed by atoms with Gasteiger partial charge >= 0.3 is 5.69 Å². The third kappa shape index (κ3) is 4.00. The van der Waals surface area contributed by atoms with Gasteiger partial charge in [-0.05, 0) is 42.5 Å².